The van der Waals surface area contributed by atoms with Gasteiger partial charge < -0.3 is 5.11 Å². The molecule has 0 atom stereocenters. The van der Waals surface area contributed by atoms with E-state index in [1.165, 1.54) is 28.6 Å². The minimum Gasteiger partial charge on any atom is -0.510 e. The number of hydrogen-bond acceptors (Lipinski definition) is 6. The predicted molar refractivity (Wildman–Crippen MR) is 85.0 cm³/mol. The summed E-state index contributed by atoms with van der Waals surface area (Å²) in [5.74, 6) is -0.300. The Kier molecular flexibility index (Phi) is 5.27. The lowest BCUT2D eigenvalue weighted by Gasteiger charge is -2.18. The maximum Gasteiger partial charge on any atom is 0.243 e. The van der Waals surface area contributed by atoms with Gasteiger partial charge >= 0.3 is 0 Å². The van der Waals surface area contributed by atoms with E-state index in [1.54, 1.807) is 13.8 Å². The Morgan fingerprint density at radius 2 is 1.70 bits per heavy atom. The molecule has 0 unspecified atom stereocenters. The monoisotopic (exact) mass is 337 g/mol. The summed E-state index contributed by atoms with van der Waals surface area (Å²) < 4.78 is 26.1. The number of hydrogen-bond donors (Lipinski definition) is 1. The average molecular weight is 337 g/mol. The SMILES string of the molecule is CCN(CC)S(=O)(=O)c1ccc(N=NC2=C(O)CCC2=O)cc1. The molecule has 1 aliphatic carbocycles. The smallest absolute Gasteiger partial charge is 0.243 e. The van der Waals surface area contributed by atoms with Crippen molar-refractivity contribution < 1.29 is 18.3 Å². The highest BCUT2D eigenvalue weighted by Crippen LogP contribution is 2.25. The molecule has 0 amide bonds. The molecule has 0 aromatic heterocycles. The van der Waals surface area contributed by atoms with Crippen molar-refractivity contribution in [2.24, 2.45) is 10.2 Å². The highest BCUT2D eigenvalue weighted by molar-refractivity contribution is 7.89. The first kappa shape index (κ1) is 17.3. The number of Topliss-reactive ketones (excluding diaryl/α,β-unsaturated/α-hetero) is 1. The number of carbonyl (C=O) groups excluding carboxylic acids is 1. The van der Waals surface area contributed by atoms with Crippen LogP contribution in [-0.2, 0) is 14.8 Å². The molecule has 0 aliphatic heterocycles. The van der Waals surface area contributed by atoms with Crippen LogP contribution in [0.25, 0.3) is 0 Å². The van der Waals surface area contributed by atoms with Crippen LogP contribution in [0.1, 0.15) is 26.7 Å². The summed E-state index contributed by atoms with van der Waals surface area (Å²) >= 11 is 0. The molecule has 1 aromatic carbocycles. The molecule has 0 saturated heterocycles. The number of allylic oxidation sites excluding steroid dienone is 2. The summed E-state index contributed by atoms with van der Waals surface area (Å²) in [7, 11) is -3.51. The zero-order valence-electron chi connectivity index (χ0n) is 13.1. The first-order valence-corrected chi connectivity index (χ1v) is 8.81. The van der Waals surface area contributed by atoms with Gasteiger partial charge in [0.15, 0.2) is 11.5 Å². The Balaban J connectivity index is 2.20. The third-order valence-corrected chi connectivity index (χ3v) is 5.64. The molecular formula is C15H19N3O4S. The number of ketones is 1. The van der Waals surface area contributed by atoms with Crippen LogP contribution in [0.4, 0.5) is 5.69 Å². The number of rotatable bonds is 6. The fourth-order valence-corrected chi connectivity index (χ4v) is 3.71. The van der Waals surface area contributed by atoms with Gasteiger partial charge in [0, 0.05) is 25.9 Å². The van der Waals surface area contributed by atoms with Crippen molar-refractivity contribution in [3.8, 4) is 0 Å². The molecule has 0 spiro atoms. The van der Waals surface area contributed by atoms with Gasteiger partial charge in [0.05, 0.1) is 10.6 Å². The van der Waals surface area contributed by atoms with E-state index in [9.17, 15) is 18.3 Å². The lowest BCUT2D eigenvalue weighted by atomic mass is 10.3. The van der Waals surface area contributed by atoms with E-state index in [-0.39, 0.29) is 35.0 Å². The molecule has 124 valence electrons. The van der Waals surface area contributed by atoms with Crippen LogP contribution < -0.4 is 0 Å². The van der Waals surface area contributed by atoms with Gasteiger partial charge in [0.25, 0.3) is 0 Å². The van der Waals surface area contributed by atoms with Crippen molar-refractivity contribution in [1.29, 1.82) is 0 Å². The zero-order chi connectivity index (χ0) is 17.0. The maximum atomic E-state index is 12.3. The second kappa shape index (κ2) is 7.01. The molecule has 23 heavy (non-hydrogen) atoms. The van der Waals surface area contributed by atoms with E-state index >= 15 is 0 Å². The topological polar surface area (TPSA) is 99.4 Å². The summed E-state index contributed by atoms with van der Waals surface area (Å²) in [6.07, 6.45) is 0.523. The zero-order valence-corrected chi connectivity index (χ0v) is 13.9. The Hall–Kier alpha value is -2.06. The lowest BCUT2D eigenvalue weighted by molar-refractivity contribution is -0.115. The van der Waals surface area contributed by atoms with Crippen molar-refractivity contribution in [2.45, 2.75) is 31.6 Å². The third-order valence-electron chi connectivity index (χ3n) is 3.57. The fourth-order valence-electron chi connectivity index (χ4n) is 2.25. The van der Waals surface area contributed by atoms with E-state index < -0.39 is 10.0 Å². The molecule has 7 nitrogen and oxygen atoms in total. The number of aliphatic hydroxyl groups is 1. The first-order valence-electron chi connectivity index (χ1n) is 7.37. The van der Waals surface area contributed by atoms with Crippen molar-refractivity contribution in [3.05, 3.63) is 35.7 Å². The van der Waals surface area contributed by atoms with Crippen LogP contribution >= 0.6 is 0 Å². The van der Waals surface area contributed by atoms with Crippen LogP contribution in [0.3, 0.4) is 0 Å². The van der Waals surface area contributed by atoms with Gasteiger partial charge in [-0.3, -0.25) is 4.79 Å². The summed E-state index contributed by atoms with van der Waals surface area (Å²) in [6, 6.07) is 5.92. The van der Waals surface area contributed by atoms with Gasteiger partial charge in [-0.25, -0.2) is 8.42 Å². The van der Waals surface area contributed by atoms with E-state index in [1.807, 2.05) is 0 Å². The molecule has 0 heterocycles. The van der Waals surface area contributed by atoms with Crippen LogP contribution in [0.2, 0.25) is 0 Å². The van der Waals surface area contributed by atoms with Gasteiger partial charge in [0.1, 0.15) is 5.76 Å². The third kappa shape index (κ3) is 3.65. The minimum atomic E-state index is -3.51. The molecule has 8 heteroatoms. The Morgan fingerprint density at radius 3 is 2.17 bits per heavy atom. The Bertz CT molecular complexity index is 747. The molecule has 1 aliphatic rings. The number of carbonyl (C=O) groups is 1. The van der Waals surface area contributed by atoms with Crippen molar-refractivity contribution >= 4 is 21.5 Å². The summed E-state index contributed by atoms with van der Waals surface area (Å²) in [5.41, 5.74) is 0.383. The van der Waals surface area contributed by atoms with Crippen LogP contribution in [0.15, 0.2) is 50.8 Å². The van der Waals surface area contributed by atoms with Gasteiger partial charge in [-0.2, -0.15) is 9.42 Å². The number of nitrogens with zero attached hydrogens (tertiary/aromatic N) is 3. The van der Waals surface area contributed by atoms with E-state index in [2.05, 4.69) is 10.2 Å². The normalized spacial score (nSPS) is 16.0. The summed E-state index contributed by atoms with van der Waals surface area (Å²) in [5, 5.41) is 17.2. The number of benzene rings is 1. The largest absolute Gasteiger partial charge is 0.510 e. The molecule has 0 radical (unpaired) electrons. The van der Waals surface area contributed by atoms with Gasteiger partial charge in [-0.05, 0) is 24.3 Å². The molecule has 1 aromatic rings. The fraction of sp³-hybridized carbons (Fsp3) is 0.400. The quantitative estimate of drug-likeness (QED) is 0.807. The first-order chi connectivity index (χ1) is 10.9. The van der Waals surface area contributed by atoms with E-state index in [4.69, 9.17) is 0 Å². The maximum absolute atomic E-state index is 12.3. The number of azo groups is 1. The van der Waals surface area contributed by atoms with Crippen molar-refractivity contribution in [2.75, 3.05) is 13.1 Å². The van der Waals surface area contributed by atoms with Crippen LogP contribution in [0.5, 0.6) is 0 Å². The molecule has 1 N–H and O–H groups in total. The Morgan fingerprint density at radius 1 is 1.09 bits per heavy atom. The molecular weight excluding hydrogens is 318 g/mol. The molecule has 0 saturated carbocycles. The highest BCUT2D eigenvalue weighted by Gasteiger charge is 2.23. The van der Waals surface area contributed by atoms with Gasteiger partial charge in [-0.15, -0.1) is 5.11 Å². The lowest BCUT2D eigenvalue weighted by Crippen LogP contribution is -2.30. The Labute approximate surface area is 135 Å². The van der Waals surface area contributed by atoms with Crippen molar-refractivity contribution in [3.63, 3.8) is 0 Å². The van der Waals surface area contributed by atoms with Crippen molar-refractivity contribution in [1.82, 2.24) is 4.31 Å². The molecule has 0 fully saturated rings. The van der Waals surface area contributed by atoms with Crippen LogP contribution in [0, 0.1) is 0 Å². The number of sulfonamides is 1. The van der Waals surface area contributed by atoms with E-state index in [0.717, 1.165) is 0 Å². The van der Waals surface area contributed by atoms with E-state index in [0.29, 0.717) is 18.8 Å². The number of aliphatic hydroxyl groups excluding tert-OH is 1. The highest BCUT2D eigenvalue weighted by atomic mass is 32.2. The molecule has 0 bridgehead atoms. The summed E-state index contributed by atoms with van der Waals surface area (Å²) in [4.78, 5) is 11.7. The standard InChI is InChI=1S/C15H19N3O4S/c1-3-18(4-2)23(21,22)12-7-5-11(6-8-12)16-17-15-13(19)9-10-14(15)20/h5-8,19H,3-4,9-10H2,1-2H3. The minimum absolute atomic E-state index is 0.0233. The van der Waals surface area contributed by atoms with Crippen LogP contribution in [-0.4, -0.2) is 36.7 Å². The average Bonchev–Trinajstić information content (AvgIpc) is 2.85. The van der Waals surface area contributed by atoms with Gasteiger partial charge in [0.2, 0.25) is 10.0 Å². The second-order valence-electron chi connectivity index (χ2n) is 5.00. The molecule has 2 rings (SSSR count). The van der Waals surface area contributed by atoms with Gasteiger partial charge in [-0.1, -0.05) is 13.8 Å². The predicted octanol–water partition coefficient (Wildman–Crippen LogP) is 2.93. The second-order valence-corrected chi connectivity index (χ2v) is 6.94. The summed E-state index contributed by atoms with van der Waals surface area (Å²) in [6.45, 7) is 4.36.